The normalized spacial score (nSPS) is 10.6. The molecule has 0 unspecified atom stereocenters. The van der Waals surface area contributed by atoms with E-state index in [0.717, 1.165) is 6.07 Å². The molecule has 21 heavy (non-hydrogen) atoms. The molecule has 0 saturated heterocycles. The molecule has 0 bridgehead atoms. The van der Waals surface area contributed by atoms with E-state index in [1.807, 2.05) is 6.92 Å². The van der Waals surface area contributed by atoms with Gasteiger partial charge in [0.1, 0.15) is 11.6 Å². The number of ketones is 1. The van der Waals surface area contributed by atoms with Gasteiger partial charge in [-0.3, -0.25) is 14.5 Å². The molecule has 0 aromatic heterocycles. The van der Waals surface area contributed by atoms with Gasteiger partial charge >= 0.3 is 0 Å². The first-order valence-electron chi connectivity index (χ1n) is 6.68. The van der Waals surface area contributed by atoms with Gasteiger partial charge in [-0.15, -0.1) is 0 Å². The van der Waals surface area contributed by atoms with Gasteiger partial charge in [0.05, 0.1) is 25.8 Å². The van der Waals surface area contributed by atoms with E-state index in [9.17, 15) is 14.0 Å². The standard InChI is InChI=1S/C15H21FN2O3/c1-5-18(10-15(20)17(2)3)9-13(19)12-8-11(16)6-7-14(12)21-4/h6-8H,5,9-10H2,1-4H3. The van der Waals surface area contributed by atoms with Crippen molar-refractivity contribution in [2.75, 3.05) is 40.8 Å². The summed E-state index contributed by atoms with van der Waals surface area (Å²) in [5.74, 6) is -0.529. The van der Waals surface area contributed by atoms with E-state index in [4.69, 9.17) is 4.74 Å². The van der Waals surface area contributed by atoms with Gasteiger partial charge in [-0.05, 0) is 24.7 Å². The van der Waals surface area contributed by atoms with E-state index < -0.39 is 5.82 Å². The Morgan fingerprint density at radius 1 is 1.24 bits per heavy atom. The molecule has 0 heterocycles. The topological polar surface area (TPSA) is 49.9 Å². The second kappa shape index (κ2) is 7.73. The van der Waals surface area contributed by atoms with Crippen molar-refractivity contribution in [3.8, 4) is 5.75 Å². The van der Waals surface area contributed by atoms with Crippen molar-refractivity contribution < 1.29 is 18.7 Å². The van der Waals surface area contributed by atoms with E-state index in [0.29, 0.717) is 12.3 Å². The lowest BCUT2D eigenvalue weighted by atomic mass is 10.1. The van der Waals surface area contributed by atoms with Crippen LogP contribution in [0.5, 0.6) is 5.75 Å². The summed E-state index contributed by atoms with van der Waals surface area (Å²) in [6.45, 7) is 2.59. The Kier molecular flexibility index (Phi) is 6.30. The van der Waals surface area contributed by atoms with Crippen LogP contribution < -0.4 is 4.74 Å². The van der Waals surface area contributed by atoms with Crippen LogP contribution >= 0.6 is 0 Å². The number of carbonyl (C=O) groups is 2. The number of halogens is 1. The fourth-order valence-corrected chi connectivity index (χ4v) is 1.80. The van der Waals surface area contributed by atoms with Crippen LogP contribution in [0.3, 0.4) is 0 Å². The van der Waals surface area contributed by atoms with E-state index in [1.165, 1.54) is 24.1 Å². The Morgan fingerprint density at radius 3 is 2.43 bits per heavy atom. The number of hydrogen-bond acceptors (Lipinski definition) is 4. The minimum absolute atomic E-state index is 0.0376. The molecule has 0 N–H and O–H groups in total. The Morgan fingerprint density at radius 2 is 1.90 bits per heavy atom. The maximum Gasteiger partial charge on any atom is 0.236 e. The molecule has 1 amide bonds. The van der Waals surface area contributed by atoms with Crippen LogP contribution in [0.4, 0.5) is 4.39 Å². The predicted molar refractivity (Wildman–Crippen MR) is 78.1 cm³/mol. The fraction of sp³-hybridized carbons (Fsp3) is 0.467. The van der Waals surface area contributed by atoms with Crippen molar-refractivity contribution in [3.05, 3.63) is 29.6 Å². The fourth-order valence-electron chi connectivity index (χ4n) is 1.80. The SMILES string of the molecule is CCN(CC(=O)c1cc(F)ccc1OC)CC(=O)N(C)C. The summed E-state index contributed by atoms with van der Waals surface area (Å²) in [7, 11) is 4.75. The molecule has 0 aliphatic rings. The summed E-state index contributed by atoms with van der Waals surface area (Å²) >= 11 is 0. The average Bonchev–Trinajstić information content (AvgIpc) is 2.45. The third-order valence-electron chi connectivity index (χ3n) is 3.13. The number of rotatable bonds is 7. The minimum atomic E-state index is -0.494. The monoisotopic (exact) mass is 296 g/mol. The van der Waals surface area contributed by atoms with Gasteiger partial charge in [0, 0.05) is 14.1 Å². The molecule has 0 spiro atoms. The molecular weight excluding hydrogens is 275 g/mol. The first-order valence-corrected chi connectivity index (χ1v) is 6.68. The van der Waals surface area contributed by atoms with Gasteiger partial charge in [-0.25, -0.2) is 4.39 Å². The first kappa shape index (κ1) is 17.1. The van der Waals surface area contributed by atoms with Crippen LogP contribution in [0.1, 0.15) is 17.3 Å². The molecule has 0 fully saturated rings. The van der Waals surface area contributed by atoms with E-state index in [-0.39, 0.29) is 30.3 Å². The Hall–Kier alpha value is -1.95. The van der Waals surface area contributed by atoms with Gasteiger partial charge in [0.15, 0.2) is 5.78 Å². The molecule has 1 aromatic rings. The molecule has 0 aliphatic carbocycles. The maximum atomic E-state index is 13.3. The molecule has 0 radical (unpaired) electrons. The van der Waals surface area contributed by atoms with Gasteiger partial charge in [-0.1, -0.05) is 6.92 Å². The Balaban J connectivity index is 2.83. The number of likely N-dealkylation sites (N-methyl/N-ethyl adjacent to an activating group) is 2. The van der Waals surface area contributed by atoms with Crippen molar-refractivity contribution in [3.63, 3.8) is 0 Å². The zero-order valence-corrected chi connectivity index (χ0v) is 12.9. The number of hydrogen-bond donors (Lipinski definition) is 0. The quantitative estimate of drug-likeness (QED) is 0.714. The highest BCUT2D eigenvalue weighted by Crippen LogP contribution is 2.20. The summed E-state index contributed by atoms with van der Waals surface area (Å²) in [5, 5.41) is 0. The number of nitrogens with zero attached hydrogens (tertiary/aromatic N) is 2. The average molecular weight is 296 g/mol. The minimum Gasteiger partial charge on any atom is -0.496 e. The predicted octanol–water partition coefficient (Wildman–Crippen LogP) is 1.43. The van der Waals surface area contributed by atoms with Gasteiger partial charge < -0.3 is 9.64 Å². The van der Waals surface area contributed by atoms with E-state index >= 15 is 0 Å². The molecule has 0 atom stereocenters. The second-order valence-corrected chi connectivity index (χ2v) is 4.86. The highest BCUT2D eigenvalue weighted by molar-refractivity contribution is 6.00. The van der Waals surface area contributed by atoms with Crippen LogP contribution in [0, 0.1) is 5.82 Å². The third kappa shape index (κ3) is 4.82. The third-order valence-corrected chi connectivity index (χ3v) is 3.13. The van der Waals surface area contributed by atoms with Crippen LogP contribution in [0.15, 0.2) is 18.2 Å². The van der Waals surface area contributed by atoms with Gasteiger partial charge in [0.2, 0.25) is 5.91 Å². The number of Topliss-reactive ketones (excluding diaryl/α,β-unsaturated/α-hetero) is 1. The van der Waals surface area contributed by atoms with Crippen molar-refractivity contribution in [1.82, 2.24) is 9.80 Å². The van der Waals surface area contributed by atoms with Crippen molar-refractivity contribution >= 4 is 11.7 Å². The highest BCUT2D eigenvalue weighted by Gasteiger charge is 2.18. The van der Waals surface area contributed by atoms with Crippen molar-refractivity contribution in [1.29, 1.82) is 0 Å². The van der Waals surface area contributed by atoms with Crippen LogP contribution in [0.2, 0.25) is 0 Å². The van der Waals surface area contributed by atoms with E-state index in [2.05, 4.69) is 0 Å². The molecule has 0 saturated carbocycles. The lowest BCUT2D eigenvalue weighted by Gasteiger charge is -2.21. The number of amides is 1. The molecule has 5 nitrogen and oxygen atoms in total. The zero-order valence-electron chi connectivity index (χ0n) is 12.9. The summed E-state index contributed by atoms with van der Waals surface area (Å²) < 4.78 is 18.4. The Labute approximate surface area is 124 Å². The lowest BCUT2D eigenvalue weighted by molar-refractivity contribution is -0.129. The summed E-state index contributed by atoms with van der Waals surface area (Å²) in [6, 6.07) is 3.81. The van der Waals surface area contributed by atoms with Crippen molar-refractivity contribution in [2.45, 2.75) is 6.92 Å². The van der Waals surface area contributed by atoms with Crippen LogP contribution in [-0.2, 0) is 4.79 Å². The summed E-state index contributed by atoms with van der Waals surface area (Å²) in [4.78, 5) is 27.2. The number of carbonyl (C=O) groups excluding carboxylic acids is 2. The van der Waals surface area contributed by atoms with Crippen LogP contribution in [-0.4, -0.2) is 62.3 Å². The van der Waals surface area contributed by atoms with E-state index in [1.54, 1.807) is 19.0 Å². The largest absolute Gasteiger partial charge is 0.496 e. The van der Waals surface area contributed by atoms with Gasteiger partial charge in [0.25, 0.3) is 0 Å². The molecular formula is C15H21FN2O3. The summed E-state index contributed by atoms with van der Waals surface area (Å²) in [5.41, 5.74) is 0.188. The maximum absolute atomic E-state index is 13.3. The molecule has 1 aromatic carbocycles. The Bertz CT molecular complexity index is 518. The van der Waals surface area contributed by atoms with Crippen LogP contribution in [0.25, 0.3) is 0 Å². The lowest BCUT2D eigenvalue weighted by Crippen LogP contribution is -2.39. The number of methoxy groups -OCH3 is 1. The smallest absolute Gasteiger partial charge is 0.236 e. The second-order valence-electron chi connectivity index (χ2n) is 4.86. The number of benzene rings is 1. The van der Waals surface area contributed by atoms with Crippen molar-refractivity contribution in [2.24, 2.45) is 0 Å². The number of ether oxygens (including phenoxy) is 1. The molecule has 6 heteroatoms. The zero-order chi connectivity index (χ0) is 16.0. The highest BCUT2D eigenvalue weighted by atomic mass is 19.1. The summed E-state index contributed by atoms with van der Waals surface area (Å²) in [6.07, 6.45) is 0. The molecule has 0 aliphatic heterocycles. The molecule has 1 rings (SSSR count). The molecule has 116 valence electrons. The first-order chi connectivity index (χ1) is 9.88. The van der Waals surface area contributed by atoms with Gasteiger partial charge in [-0.2, -0.15) is 0 Å².